The quantitative estimate of drug-likeness (QED) is 0.794. The largest absolute Gasteiger partial charge is 0.376 e. The lowest BCUT2D eigenvalue weighted by Gasteiger charge is -2.18. The van der Waals surface area contributed by atoms with Crippen molar-refractivity contribution in [1.82, 2.24) is 10.6 Å². The fourth-order valence-corrected chi connectivity index (χ4v) is 2.73. The van der Waals surface area contributed by atoms with E-state index in [1.165, 1.54) is 0 Å². The van der Waals surface area contributed by atoms with Crippen LogP contribution in [0.1, 0.15) is 34.8 Å². The number of benzene rings is 1. The van der Waals surface area contributed by atoms with E-state index in [-0.39, 0.29) is 12.6 Å². The van der Waals surface area contributed by atoms with E-state index in [0.29, 0.717) is 24.3 Å². The second-order valence-electron chi connectivity index (χ2n) is 5.68. The maximum atomic E-state index is 11.9. The number of rotatable bonds is 4. The maximum Gasteiger partial charge on any atom is 0.309 e. The van der Waals surface area contributed by atoms with Crippen LogP contribution in [0.15, 0.2) is 34.5 Å². The van der Waals surface area contributed by atoms with Crippen molar-refractivity contribution >= 4 is 17.7 Å². The molecule has 8 nitrogen and oxygen atoms in total. The second-order valence-corrected chi connectivity index (χ2v) is 5.68. The molecule has 0 aliphatic carbocycles. The third-order valence-corrected chi connectivity index (χ3v) is 4.01. The molecule has 2 aliphatic rings. The molecule has 2 atom stereocenters. The van der Waals surface area contributed by atoms with Crippen molar-refractivity contribution in [3.63, 3.8) is 0 Å². The van der Waals surface area contributed by atoms with Crippen LogP contribution in [0, 0.1) is 0 Å². The lowest BCUT2D eigenvalue weighted by molar-refractivity contribution is -0.139. The fourth-order valence-electron chi connectivity index (χ4n) is 2.73. The van der Waals surface area contributed by atoms with Gasteiger partial charge in [0.1, 0.15) is 6.04 Å². The van der Waals surface area contributed by atoms with Gasteiger partial charge in [-0.3, -0.25) is 14.4 Å². The molecule has 0 spiro atoms. The Bertz CT molecular complexity index is 682. The SMILES string of the molecule is O=C(NCC1CCCO1)C(=O)NCC1N=NC(=O)c2ccccc21. The monoisotopic (exact) mass is 330 g/mol. The highest BCUT2D eigenvalue weighted by Gasteiger charge is 2.25. The van der Waals surface area contributed by atoms with E-state index in [0.717, 1.165) is 12.8 Å². The number of nitrogens with one attached hydrogen (secondary N) is 2. The van der Waals surface area contributed by atoms with Crippen LogP contribution in [0.5, 0.6) is 0 Å². The Balaban J connectivity index is 1.51. The van der Waals surface area contributed by atoms with E-state index in [1.807, 2.05) is 0 Å². The molecule has 1 fully saturated rings. The first-order valence-electron chi connectivity index (χ1n) is 7.87. The highest BCUT2D eigenvalue weighted by Crippen LogP contribution is 2.26. The van der Waals surface area contributed by atoms with Crippen molar-refractivity contribution in [2.75, 3.05) is 19.7 Å². The highest BCUT2D eigenvalue weighted by atomic mass is 16.5. The summed E-state index contributed by atoms with van der Waals surface area (Å²) >= 11 is 0. The zero-order chi connectivity index (χ0) is 16.9. The molecule has 3 amide bonds. The Morgan fingerprint density at radius 3 is 2.67 bits per heavy atom. The summed E-state index contributed by atoms with van der Waals surface area (Å²) in [7, 11) is 0. The number of carbonyl (C=O) groups is 3. The van der Waals surface area contributed by atoms with Crippen molar-refractivity contribution in [2.24, 2.45) is 10.2 Å². The van der Waals surface area contributed by atoms with Crippen LogP contribution >= 0.6 is 0 Å². The van der Waals surface area contributed by atoms with Gasteiger partial charge in [0.25, 0.3) is 5.91 Å². The molecule has 1 aromatic carbocycles. The van der Waals surface area contributed by atoms with Crippen LogP contribution in [0.2, 0.25) is 0 Å². The first-order chi connectivity index (χ1) is 11.6. The fraction of sp³-hybridized carbons (Fsp3) is 0.438. The van der Waals surface area contributed by atoms with E-state index in [2.05, 4.69) is 20.9 Å². The van der Waals surface area contributed by atoms with Gasteiger partial charge in [0.15, 0.2) is 0 Å². The Labute approximate surface area is 138 Å². The molecule has 0 saturated carbocycles. The standard InChI is InChI=1S/C16H18N4O4/c21-14-12-6-2-1-5-11(12)13(19-20-14)9-18-16(23)15(22)17-8-10-4-3-7-24-10/h1-2,5-6,10,13H,3-4,7-9H2,(H,17,22)(H,18,23). The molecule has 24 heavy (non-hydrogen) atoms. The van der Waals surface area contributed by atoms with Crippen molar-refractivity contribution in [1.29, 1.82) is 0 Å². The van der Waals surface area contributed by atoms with Crippen LogP contribution < -0.4 is 10.6 Å². The van der Waals surface area contributed by atoms with Crippen molar-refractivity contribution < 1.29 is 19.1 Å². The summed E-state index contributed by atoms with van der Waals surface area (Å²) in [4.78, 5) is 35.3. The minimum absolute atomic E-state index is 0.0215. The molecule has 126 valence electrons. The molecule has 0 aromatic heterocycles. The molecule has 2 heterocycles. The van der Waals surface area contributed by atoms with Crippen LogP contribution in [0.3, 0.4) is 0 Å². The molecular formula is C16H18N4O4. The Morgan fingerprint density at radius 2 is 1.92 bits per heavy atom. The lowest BCUT2D eigenvalue weighted by atomic mass is 9.99. The first kappa shape index (κ1) is 16.3. The number of amides is 3. The molecule has 8 heteroatoms. The van der Waals surface area contributed by atoms with E-state index in [1.54, 1.807) is 24.3 Å². The molecule has 2 unspecified atom stereocenters. The summed E-state index contributed by atoms with van der Waals surface area (Å²) in [6, 6.07) is 6.48. The zero-order valence-electron chi connectivity index (χ0n) is 13.0. The number of ether oxygens (including phenoxy) is 1. The van der Waals surface area contributed by atoms with Gasteiger partial charge >= 0.3 is 11.8 Å². The van der Waals surface area contributed by atoms with Crippen LogP contribution in [-0.2, 0) is 14.3 Å². The van der Waals surface area contributed by atoms with E-state index in [9.17, 15) is 14.4 Å². The smallest absolute Gasteiger partial charge is 0.309 e. The third kappa shape index (κ3) is 3.65. The maximum absolute atomic E-state index is 11.9. The highest BCUT2D eigenvalue weighted by molar-refractivity contribution is 6.35. The Hall–Kier alpha value is -2.61. The summed E-state index contributed by atoms with van der Waals surface area (Å²) < 4.78 is 5.38. The predicted molar refractivity (Wildman–Crippen MR) is 83.4 cm³/mol. The lowest BCUT2D eigenvalue weighted by Crippen LogP contribution is -2.43. The number of hydrogen-bond acceptors (Lipinski definition) is 5. The number of fused-ring (bicyclic) bond motifs is 1. The molecule has 0 bridgehead atoms. The van der Waals surface area contributed by atoms with Crippen LogP contribution in [0.4, 0.5) is 0 Å². The second kappa shape index (κ2) is 7.31. The summed E-state index contributed by atoms with van der Waals surface area (Å²) in [5, 5.41) is 12.6. The van der Waals surface area contributed by atoms with Crippen molar-refractivity contribution in [3.8, 4) is 0 Å². The number of nitrogens with zero attached hydrogens (tertiary/aromatic N) is 2. The van der Waals surface area contributed by atoms with Gasteiger partial charge in [-0.05, 0) is 24.5 Å². The average Bonchev–Trinajstić information content (AvgIpc) is 3.12. The molecule has 0 radical (unpaired) electrons. The van der Waals surface area contributed by atoms with Gasteiger partial charge in [-0.2, -0.15) is 5.11 Å². The number of azo groups is 1. The minimum atomic E-state index is -0.738. The van der Waals surface area contributed by atoms with Crippen LogP contribution in [0.25, 0.3) is 0 Å². The number of carbonyl (C=O) groups excluding carboxylic acids is 3. The summed E-state index contributed by atoms with van der Waals surface area (Å²) in [5.41, 5.74) is 1.16. The predicted octanol–water partition coefficient (Wildman–Crippen LogP) is 0.745. The molecule has 1 saturated heterocycles. The van der Waals surface area contributed by atoms with E-state index in [4.69, 9.17) is 4.74 Å². The topological polar surface area (TPSA) is 109 Å². The normalized spacial score (nSPS) is 22.1. The molecule has 2 N–H and O–H groups in total. The van der Waals surface area contributed by atoms with Crippen molar-refractivity contribution in [3.05, 3.63) is 35.4 Å². The Morgan fingerprint density at radius 1 is 1.17 bits per heavy atom. The summed E-state index contributed by atoms with van der Waals surface area (Å²) in [6.45, 7) is 1.12. The molecule has 2 aliphatic heterocycles. The van der Waals surface area contributed by atoms with E-state index < -0.39 is 23.8 Å². The van der Waals surface area contributed by atoms with Gasteiger partial charge < -0.3 is 15.4 Å². The van der Waals surface area contributed by atoms with E-state index >= 15 is 0 Å². The first-order valence-corrected chi connectivity index (χ1v) is 7.87. The minimum Gasteiger partial charge on any atom is -0.376 e. The van der Waals surface area contributed by atoms with Gasteiger partial charge in [0, 0.05) is 25.3 Å². The number of hydrogen-bond donors (Lipinski definition) is 2. The van der Waals surface area contributed by atoms with Gasteiger partial charge in [-0.25, -0.2) is 0 Å². The Kier molecular flexibility index (Phi) is 4.95. The van der Waals surface area contributed by atoms with Gasteiger partial charge in [0.05, 0.1) is 6.10 Å². The molecular weight excluding hydrogens is 312 g/mol. The van der Waals surface area contributed by atoms with Crippen molar-refractivity contribution in [2.45, 2.75) is 25.0 Å². The molecule has 3 rings (SSSR count). The van der Waals surface area contributed by atoms with Gasteiger partial charge in [0.2, 0.25) is 0 Å². The van der Waals surface area contributed by atoms with Gasteiger partial charge in [-0.1, -0.05) is 18.2 Å². The summed E-state index contributed by atoms with van der Waals surface area (Å²) in [6.07, 6.45) is 1.83. The molecule has 1 aromatic rings. The zero-order valence-corrected chi connectivity index (χ0v) is 13.0. The summed E-state index contributed by atoms with van der Waals surface area (Å²) in [5.74, 6) is -1.84. The average molecular weight is 330 g/mol. The van der Waals surface area contributed by atoms with Crippen LogP contribution in [-0.4, -0.2) is 43.5 Å². The van der Waals surface area contributed by atoms with Gasteiger partial charge in [-0.15, -0.1) is 5.11 Å². The third-order valence-electron chi connectivity index (χ3n) is 4.01.